The van der Waals surface area contributed by atoms with Crippen LogP contribution in [0.4, 0.5) is 5.69 Å². The maximum Gasteiger partial charge on any atom is 0.262 e. The highest BCUT2D eigenvalue weighted by molar-refractivity contribution is 6.01. The van der Waals surface area contributed by atoms with Gasteiger partial charge >= 0.3 is 0 Å². The monoisotopic (exact) mass is 311 g/mol. The highest BCUT2D eigenvalue weighted by Crippen LogP contribution is 2.18. The van der Waals surface area contributed by atoms with Gasteiger partial charge in [-0.05, 0) is 36.6 Å². The van der Waals surface area contributed by atoms with Crippen molar-refractivity contribution in [3.8, 4) is 6.07 Å². The van der Waals surface area contributed by atoms with Crippen LogP contribution < -0.4 is 10.2 Å². The van der Waals surface area contributed by atoms with E-state index in [9.17, 15) is 10.1 Å². The third-order valence-electron chi connectivity index (χ3n) is 4.28. The van der Waals surface area contributed by atoms with Crippen molar-refractivity contribution >= 4 is 17.7 Å². The fourth-order valence-electron chi connectivity index (χ4n) is 2.87. The first kappa shape index (κ1) is 17.1. The number of benzene rings is 1. The number of carbonyl (C=O) groups excluding carboxylic acids is 1. The number of nitrogens with one attached hydrogen (secondary N) is 1. The van der Waals surface area contributed by atoms with Gasteiger partial charge in [-0.2, -0.15) is 5.26 Å². The van der Waals surface area contributed by atoms with Gasteiger partial charge in [-0.25, -0.2) is 0 Å². The molecule has 1 aromatic rings. The highest BCUT2D eigenvalue weighted by Gasteiger charge is 2.17. The smallest absolute Gasteiger partial charge is 0.262 e. The molecule has 1 aromatic carbocycles. The summed E-state index contributed by atoms with van der Waals surface area (Å²) in [7, 11) is 3.96. The van der Waals surface area contributed by atoms with Gasteiger partial charge < -0.3 is 10.2 Å². The molecule has 0 saturated heterocycles. The second-order valence-electron chi connectivity index (χ2n) is 6.32. The number of carbonyl (C=O) groups is 1. The lowest BCUT2D eigenvalue weighted by molar-refractivity contribution is -0.117. The standard InChI is InChI=1S/C19H25N3O/c1-22(2)18-11-9-15(10-12-18)13-16(14-20)19(23)21-17-7-5-3-4-6-8-17/h9-13,17H,3-8H2,1-2H3,(H,21,23). The Kier molecular flexibility index (Phi) is 6.22. The predicted octanol–water partition coefficient (Wildman–Crippen LogP) is 3.50. The van der Waals surface area contributed by atoms with E-state index >= 15 is 0 Å². The molecule has 4 heteroatoms. The van der Waals surface area contributed by atoms with E-state index < -0.39 is 0 Å². The molecule has 0 radical (unpaired) electrons. The molecule has 1 N–H and O–H groups in total. The summed E-state index contributed by atoms with van der Waals surface area (Å²) in [6, 6.07) is 10.0. The van der Waals surface area contributed by atoms with E-state index in [-0.39, 0.29) is 17.5 Å². The maximum atomic E-state index is 12.3. The number of amides is 1. The Labute approximate surface area is 138 Å². The Morgan fingerprint density at radius 2 is 1.78 bits per heavy atom. The summed E-state index contributed by atoms with van der Waals surface area (Å²) < 4.78 is 0. The molecule has 122 valence electrons. The number of nitrogens with zero attached hydrogens (tertiary/aromatic N) is 2. The third-order valence-corrected chi connectivity index (χ3v) is 4.28. The second-order valence-corrected chi connectivity index (χ2v) is 6.32. The molecule has 1 aliphatic carbocycles. The number of rotatable bonds is 4. The van der Waals surface area contributed by atoms with Gasteiger partial charge in [-0.1, -0.05) is 37.8 Å². The van der Waals surface area contributed by atoms with Crippen molar-refractivity contribution in [2.75, 3.05) is 19.0 Å². The lowest BCUT2D eigenvalue weighted by Gasteiger charge is -2.15. The van der Waals surface area contributed by atoms with Gasteiger partial charge in [0.2, 0.25) is 0 Å². The van der Waals surface area contributed by atoms with Crippen LogP contribution in [0.25, 0.3) is 6.08 Å². The maximum absolute atomic E-state index is 12.3. The van der Waals surface area contributed by atoms with Crippen molar-refractivity contribution in [1.82, 2.24) is 5.32 Å². The van der Waals surface area contributed by atoms with E-state index in [1.807, 2.05) is 49.3 Å². The number of nitriles is 1. The molecule has 0 atom stereocenters. The molecule has 1 fully saturated rings. The summed E-state index contributed by atoms with van der Waals surface area (Å²) in [5.74, 6) is -0.254. The quantitative estimate of drug-likeness (QED) is 0.526. The number of anilines is 1. The molecule has 4 nitrogen and oxygen atoms in total. The first-order valence-corrected chi connectivity index (χ1v) is 8.30. The van der Waals surface area contributed by atoms with E-state index in [0.29, 0.717) is 0 Å². The van der Waals surface area contributed by atoms with Crippen LogP contribution in [0.1, 0.15) is 44.1 Å². The zero-order valence-electron chi connectivity index (χ0n) is 14.0. The van der Waals surface area contributed by atoms with Gasteiger partial charge in [-0.15, -0.1) is 0 Å². The molecule has 0 aromatic heterocycles. The molecule has 1 saturated carbocycles. The van der Waals surface area contributed by atoms with Crippen molar-refractivity contribution in [2.24, 2.45) is 0 Å². The van der Waals surface area contributed by atoms with Gasteiger partial charge in [0.25, 0.3) is 5.91 Å². The van der Waals surface area contributed by atoms with Gasteiger partial charge in [-0.3, -0.25) is 4.79 Å². The Bertz CT molecular complexity index is 588. The van der Waals surface area contributed by atoms with Crippen LogP contribution in [-0.4, -0.2) is 26.0 Å². The Morgan fingerprint density at radius 3 is 2.30 bits per heavy atom. The molecule has 0 heterocycles. The van der Waals surface area contributed by atoms with Crippen LogP contribution in [0.3, 0.4) is 0 Å². The van der Waals surface area contributed by atoms with Crippen LogP contribution >= 0.6 is 0 Å². The van der Waals surface area contributed by atoms with Crippen LogP contribution in [-0.2, 0) is 4.79 Å². The summed E-state index contributed by atoms with van der Waals surface area (Å²) in [5, 5.41) is 12.3. The summed E-state index contributed by atoms with van der Waals surface area (Å²) in [6.07, 6.45) is 8.48. The average molecular weight is 311 g/mol. The fraction of sp³-hybridized carbons (Fsp3) is 0.474. The predicted molar refractivity (Wildman–Crippen MR) is 94.0 cm³/mol. The molecule has 1 amide bonds. The normalized spacial score (nSPS) is 16.3. The first-order valence-electron chi connectivity index (χ1n) is 8.30. The van der Waals surface area contributed by atoms with Crippen molar-refractivity contribution in [2.45, 2.75) is 44.6 Å². The zero-order chi connectivity index (χ0) is 16.7. The fourth-order valence-corrected chi connectivity index (χ4v) is 2.87. The van der Waals surface area contributed by atoms with Gasteiger partial charge in [0.05, 0.1) is 0 Å². The molecule has 23 heavy (non-hydrogen) atoms. The zero-order valence-corrected chi connectivity index (χ0v) is 14.0. The molecular weight excluding hydrogens is 286 g/mol. The van der Waals surface area contributed by atoms with Crippen molar-refractivity contribution < 1.29 is 4.79 Å². The van der Waals surface area contributed by atoms with Gasteiger partial charge in [0.1, 0.15) is 11.6 Å². The minimum atomic E-state index is -0.254. The lowest BCUT2D eigenvalue weighted by Crippen LogP contribution is -2.35. The third kappa shape index (κ3) is 5.14. The summed E-state index contributed by atoms with van der Waals surface area (Å²) >= 11 is 0. The molecule has 1 aliphatic rings. The Hall–Kier alpha value is -2.28. The molecular formula is C19H25N3O. The molecule has 0 spiro atoms. The largest absolute Gasteiger partial charge is 0.378 e. The minimum absolute atomic E-state index is 0.173. The van der Waals surface area contributed by atoms with E-state index in [0.717, 1.165) is 36.9 Å². The second kappa shape index (κ2) is 8.38. The van der Waals surface area contributed by atoms with Gasteiger partial charge in [0.15, 0.2) is 0 Å². The average Bonchev–Trinajstić information content (AvgIpc) is 2.81. The SMILES string of the molecule is CN(C)c1ccc(C=C(C#N)C(=O)NC2CCCCCC2)cc1. The molecule has 2 rings (SSSR count). The van der Waals surface area contributed by atoms with Crippen molar-refractivity contribution in [3.63, 3.8) is 0 Å². The number of hydrogen-bond donors (Lipinski definition) is 1. The van der Waals surface area contributed by atoms with E-state index in [1.54, 1.807) is 6.08 Å². The summed E-state index contributed by atoms with van der Waals surface area (Å²) in [4.78, 5) is 14.3. The van der Waals surface area contributed by atoms with Crippen molar-refractivity contribution in [3.05, 3.63) is 35.4 Å². The Morgan fingerprint density at radius 1 is 1.17 bits per heavy atom. The number of hydrogen-bond acceptors (Lipinski definition) is 3. The molecule has 0 bridgehead atoms. The van der Waals surface area contributed by atoms with Crippen LogP contribution in [0.2, 0.25) is 0 Å². The van der Waals surface area contributed by atoms with Crippen LogP contribution in [0.15, 0.2) is 29.8 Å². The van der Waals surface area contributed by atoms with E-state index in [4.69, 9.17) is 0 Å². The van der Waals surface area contributed by atoms with Crippen LogP contribution in [0.5, 0.6) is 0 Å². The summed E-state index contributed by atoms with van der Waals surface area (Å²) in [5.41, 5.74) is 2.12. The lowest BCUT2D eigenvalue weighted by atomic mass is 10.1. The van der Waals surface area contributed by atoms with Crippen molar-refractivity contribution in [1.29, 1.82) is 5.26 Å². The molecule has 0 aliphatic heterocycles. The summed E-state index contributed by atoms with van der Waals surface area (Å²) in [6.45, 7) is 0. The minimum Gasteiger partial charge on any atom is -0.378 e. The highest BCUT2D eigenvalue weighted by atomic mass is 16.1. The topological polar surface area (TPSA) is 56.1 Å². The Balaban J connectivity index is 2.05. The first-order chi connectivity index (χ1) is 11.1. The molecule has 0 unspecified atom stereocenters. The van der Waals surface area contributed by atoms with E-state index in [2.05, 4.69) is 5.32 Å². The van der Waals surface area contributed by atoms with Crippen LogP contribution in [0, 0.1) is 11.3 Å². The van der Waals surface area contributed by atoms with Gasteiger partial charge in [0, 0.05) is 25.8 Å². The van der Waals surface area contributed by atoms with E-state index in [1.165, 1.54) is 12.8 Å².